The fourth-order valence-corrected chi connectivity index (χ4v) is 3.63. The Morgan fingerprint density at radius 2 is 1.76 bits per heavy atom. The molecule has 4 aromatic rings. The maximum absolute atomic E-state index is 14.0. The number of hydrogen-bond donors (Lipinski definition) is 1. The number of nitrogens with one attached hydrogen (secondary N) is 1. The monoisotopic (exact) mass is 461 g/mol. The lowest BCUT2D eigenvalue weighted by Gasteiger charge is -2.13. The van der Waals surface area contributed by atoms with E-state index in [1.807, 2.05) is 19.1 Å². The summed E-state index contributed by atoms with van der Waals surface area (Å²) in [5.41, 5.74) is 1.27. The van der Waals surface area contributed by atoms with E-state index in [0.717, 1.165) is 30.2 Å². The van der Waals surface area contributed by atoms with Crippen LogP contribution in [0.15, 0.2) is 65.6 Å². The first-order valence-electron chi connectivity index (χ1n) is 10.7. The van der Waals surface area contributed by atoms with Crippen molar-refractivity contribution in [2.75, 3.05) is 5.32 Å². The number of fused-ring (bicyclic) bond motifs is 1. The van der Waals surface area contributed by atoms with Gasteiger partial charge in [-0.25, -0.2) is 13.8 Å². The van der Waals surface area contributed by atoms with Crippen molar-refractivity contribution >= 4 is 28.4 Å². The normalized spacial score (nSPS) is 10.9. The number of hydrogen-bond acceptors (Lipinski definition) is 4. The van der Waals surface area contributed by atoms with Gasteiger partial charge in [0, 0.05) is 23.5 Å². The number of anilines is 1. The molecule has 2 heterocycles. The van der Waals surface area contributed by atoms with E-state index in [-0.39, 0.29) is 28.8 Å². The number of nitrogens with zero attached hydrogens (tertiary/aromatic N) is 2. The topological polar surface area (TPSA) is 81.1 Å². The minimum Gasteiger partial charge on any atom is -0.322 e. The van der Waals surface area contributed by atoms with E-state index in [0.29, 0.717) is 11.3 Å². The molecule has 6 nitrogen and oxygen atoms in total. The third kappa shape index (κ3) is 4.61. The Kier molecular flexibility index (Phi) is 6.32. The summed E-state index contributed by atoms with van der Waals surface area (Å²) < 4.78 is 28.8. The number of aryl methyl sites for hydroxylation is 2. The van der Waals surface area contributed by atoms with Crippen LogP contribution in [0.5, 0.6) is 0 Å². The van der Waals surface area contributed by atoms with Crippen LogP contribution in [0.3, 0.4) is 0 Å². The zero-order valence-electron chi connectivity index (χ0n) is 18.6. The molecule has 0 aliphatic carbocycles. The van der Waals surface area contributed by atoms with Gasteiger partial charge in [0.1, 0.15) is 23.8 Å². The van der Waals surface area contributed by atoms with Crippen molar-refractivity contribution < 1.29 is 18.4 Å². The van der Waals surface area contributed by atoms with Gasteiger partial charge in [0.15, 0.2) is 5.78 Å². The maximum atomic E-state index is 14.0. The number of rotatable bonds is 6. The summed E-state index contributed by atoms with van der Waals surface area (Å²) in [6, 6.07) is 12.9. The molecule has 0 saturated heterocycles. The highest BCUT2D eigenvalue weighted by molar-refractivity contribution is 6.10. The van der Waals surface area contributed by atoms with Crippen LogP contribution in [-0.2, 0) is 17.8 Å². The quantitative estimate of drug-likeness (QED) is 0.431. The van der Waals surface area contributed by atoms with Gasteiger partial charge in [-0.15, -0.1) is 0 Å². The second-order valence-corrected chi connectivity index (χ2v) is 7.88. The van der Waals surface area contributed by atoms with Gasteiger partial charge in [0.05, 0.1) is 16.6 Å². The van der Waals surface area contributed by atoms with Gasteiger partial charge in [-0.05, 0) is 43.2 Å². The Hall–Kier alpha value is -4.20. The first kappa shape index (κ1) is 23.0. The van der Waals surface area contributed by atoms with Gasteiger partial charge in [-0.3, -0.25) is 14.4 Å². The Balaban J connectivity index is 1.75. The fourth-order valence-electron chi connectivity index (χ4n) is 3.63. The highest BCUT2D eigenvalue weighted by Gasteiger charge is 2.19. The molecule has 0 atom stereocenters. The van der Waals surface area contributed by atoms with Crippen LogP contribution in [0.1, 0.15) is 34.1 Å². The van der Waals surface area contributed by atoms with E-state index in [9.17, 15) is 23.2 Å². The second kappa shape index (κ2) is 9.35. The Morgan fingerprint density at radius 1 is 1.03 bits per heavy atom. The van der Waals surface area contributed by atoms with E-state index in [4.69, 9.17) is 0 Å². The number of carbonyl (C=O) groups is 2. The molecule has 8 heteroatoms. The van der Waals surface area contributed by atoms with Crippen molar-refractivity contribution in [2.24, 2.45) is 0 Å². The Bertz CT molecular complexity index is 1480. The van der Waals surface area contributed by atoms with Gasteiger partial charge in [-0.2, -0.15) is 0 Å². The number of ketones is 1. The van der Waals surface area contributed by atoms with Gasteiger partial charge in [-0.1, -0.05) is 31.2 Å². The summed E-state index contributed by atoms with van der Waals surface area (Å²) in [5, 5.41) is 2.49. The molecule has 0 bridgehead atoms. The van der Waals surface area contributed by atoms with E-state index in [2.05, 4.69) is 10.3 Å². The van der Waals surface area contributed by atoms with Crippen LogP contribution in [0.4, 0.5) is 14.5 Å². The number of carbonyl (C=O) groups excluding carboxylic acids is 2. The number of aromatic nitrogens is 2. The van der Waals surface area contributed by atoms with Crippen molar-refractivity contribution in [3.8, 4) is 0 Å². The van der Waals surface area contributed by atoms with Crippen molar-refractivity contribution in [3.63, 3.8) is 0 Å². The van der Waals surface area contributed by atoms with Crippen molar-refractivity contribution in [1.29, 1.82) is 0 Å². The third-order valence-electron chi connectivity index (χ3n) is 5.45. The second-order valence-electron chi connectivity index (χ2n) is 7.88. The number of pyridine rings is 2. The largest absolute Gasteiger partial charge is 0.322 e. The molecule has 2 aromatic heterocycles. The van der Waals surface area contributed by atoms with E-state index in [1.165, 1.54) is 10.8 Å². The van der Waals surface area contributed by atoms with Crippen LogP contribution in [0.2, 0.25) is 0 Å². The first-order valence-corrected chi connectivity index (χ1v) is 10.7. The molecule has 172 valence electrons. The molecule has 1 amide bonds. The summed E-state index contributed by atoms with van der Waals surface area (Å²) in [7, 11) is 0. The summed E-state index contributed by atoms with van der Waals surface area (Å²) in [5.74, 6) is -2.66. The van der Waals surface area contributed by atoms with Crippen LogP contribution in [0.25, 0.3) is 11.0 Å². The lowest BCUT2D eigenvalue weighted by molar-refractivity contribution is -0.116. The predicted molar refractivity (Wildman–Crippen MR) is 125 cm³/mol. The highest BCUT2D eigenvalue weighted by Crippen LogP contribution is 2.17. The molecule has 0 fully saturated rings. The number of halogens is 2. The standard InChI is InChI=1S/C26H21F2N3O3/c1-3-16-5-7-17(8-6-16)24(33)20-13-31(26-19(25(20)34)10-4-15(2)29-26)14-23(32)30-22-12-18(27)9-11-21(22)28/h4-13H,3,14H2,1-2H3,(H,30,32). The zero-order chi connectivity index (χ0) is 24.4. The summed E-state index contributed by atoms with van der Waals surface area (Å²) in [6.45, 7) is 3.34. The molecule has 0 saturated carbocycles. The average Bonchev–Trinajstić information content (AvgIpc) is 2.82. The van der Waals surface area contributed by atoms with Crippen LogP contribution >= 0.6 is 0 Å². The summed E-state index contributed by atoms with van der Waals surface area (Å²) in [6.07, 6.45) is 2.10. The molecule has 0 aliphatic rings. The lowest BCUT2D eigenvalue weighted by atomic mass is 10.0. The zero-order valence-corrected chi connectivity index (χ0v) is 18.6. The highest BCUT2D eigenvalue weighted by atomic mass is 19.1. The van der Waals surface area contributed by atoms with Crippen LogP contribution in [-0.4, -0.2) is 21.2 Å². The lowest BCUT2D eigenvalue weighted by Crippen LogP contribution is -2.25. The number of benzene rings is 2. The fraction of sp³-hybridized carbons (Fsp3) is 0.154. The SMILES string of the molecule is CCc1ccc(C(=O)c2cn(CC(=O)Nc3cc(F)ccc3F)c3nc(C)ccc3c2=O)cc1. The molecule has 1 N–H and O–H groups in total. The Labute approximate surface area is 193 Å². The van der Waals surface area contributed by atoms with Crippen molar-refractivity contribution in [3.05, 3.63) is 105 Å². The molecular weight excluding hydrogens is 440 g/mol. The summed E-state index contributed by atoms with van der Waals surface area (Å²) >= 11 is 0. The Morgan fingerprint density at radius 3 is 2.47 bits per heavy atom. The van der Waals surface area contributed by atoms with Crippen molar-refractivity contribution in [1.82, 2.24) is 9.55 Å². The van der Waals surface area contributed by atoms with Gasteiger partial charge in [0.2, 0.25) is 11.3 Å². The molecule has 2 aromatic carbocycles. The van der Waals surface area contributed by atoms with Gasteiger partial charge < -0.3 is 9.88 Å². The molecular formula is C26H21F2N3O3. The van der Waals surface area contributed by atoms with E-state index in [1.54, 1.807) is 31.2 Å². The molecule has 0 spiro atoms. The molecule has 34 heavy (non-hydrogen) atoms. The minimum absolute atomic E-state index is 0.118. The summed E-state index contributed by atoms with van der Waals surface area (Å²) in [4.78, 5) is 43.3. The van der Waals surface area contributed by atoms with E-state index < -0.39 is 28.8 Å². The van der Waals surface area contributed by atoms with Crippen molar-refractivity contribution in [2.45, 2.75) is 26.8 Å². The average molecular weight is 461 g/mol. The molecule has 4 rings (SSSR count). The predicted octanol–water partition coefficient (Wildman–Crippen LogP) is 4.42. The van der Waals surface area contributed by atoms with E-state index >= 15 is 0 Å². The molecule has 0 unspecified atom stereocenters. The minimum atomic E-state index is -0.792. The molecule has 0 radical (unpaired) electrons. The van der Waals surface area contributed by atoms with Crippen LogP contribution < -0.4 is 10.7 Å². The van der Waals surface area contributed by atoms with Crippen LogP contribution in [0, 0.1) is 18.6 Å². The first-order chi connectivity index (χ1) is 16.3. The maximum Gasteiger partial charge on any atom is 0.244 e. The smallest absolute Gasteiger partial charge is 0.244 e. The van der Waals surface area contributed by atoms with Gasteiger partial charge in [0.25, 0.3) is 0 Å². The van der Waals surface area contributed by atoms with Gasteiger partial charge >= 0.3 is 0 Å². The number of amides is 1. The molecule has 0 aliphatic heterocycles. The third-order valence-corrected chi connectivity index (χ3v) is 5.45.